The number of β-amino-alcohol motifs (C(OH)–C–C–N with tert-alkyl or cyclic N) is 1. The van der Waals surface area contributed by atoms with Gasteiger partial charge in [-0.2, -0.15) is 0 Å². The minimum atomic E-state index is -0.379. The number of hydrogen-bond acceptors (Lipinski definition) is 5. The van der Waals surface area contributed by atoms with Crippen molar-refractivity contribution in [2.45, 2.75) is 38.3 Å². The Kier molecular flexibility index (Phi) is 6.30. The fourth-order valence-corrected chi connectivity index (χ4v) is 3.62. The third-order valence-corrected chi connectivity index (χ3v) is 5.10. The molecule has 0 amide bonds. The monoisotopic (exact) mass is 352 g/mol. The molecule has 0 aliphatic carbocycles. The number of aryl methyl sites for hydroxylation is 2. The van der Waals surface area contributed by atoms with E-state index < -0.39 is 0 Å². The molecule has 1 aromatic heterocycles. The lowest BCUT2D eigenvalue weighted by atomic mass is 10.0. The molecule has 0 radical (unpaired) electrons. The third kappa shape index (κ3) is 4.38. The zero-order valence-corrected chi connectivity index (χ0v) is 14.6. The average molecular weight is 353 g/mol. The van der Waals surface area contributed by atoms with Crippen molar-refractivity contribution < 1.29 is 9.90 Å². The number of nitrogens with one attached hydrogen (secondary N) is 1. The van der Waals surface area contributed by atoms with Gasteiger partial charge in [0.25, 0.3) is 0 Å². The van der Waals surface area contributed by atoms with Gasteiger partial charge in [0, 0.05) is 13.0 Å². The summed E-state index contributed by atoms with van der Waals surface area (Å²) in [7, 11) is 0. The van der Waals surface area contributed by atoms with E-state index in [-0.39, 0.29) is 30.3 Å². The smallest absolute Gasteiger partial charge is 0.150 e. The Labute approximate surface area is 146 Å². The van der Waals surface area contributed by atoms with E-state index in [0.717, 1.165) is 17.7 Å². The number of aliphatic hydroxyl groups is 1. The van der Waals surface area contributed by atoms with Crippen molar-refractivity contribution in [3.8, 4) is 10.4 Å². The van der Waals surface area contributed by atoms with Crippen LogP contribution in [-0.4, -0.2) is 34.6 Å². The number of aliphatic hydroxyl groups excluding tert-OH is 1. The van der Waals surface area contributed by atoms with Crippen LogP contribution in [0.5, 0.6) is 0 Å². The lowest BCUT2D eigenvalue weighted by molar-refractivity contribution is -0.120. The number of ketones is 1. The van der Waals surface area contributed by atoms with Crippen LogP contribution >= 0.6 is 23.7 Å². The van der Waals surface area contributed by atoms with Crippen LogP contribution in [0.1, 0.15) is 24.1 Å². The van der Waals surface area contributed by atoms with Gasteiger partial charge in [-0.15, -0.1) is 23.7 Å². The summed E-state index contributed by atoms with van der Waals surface area (Å²) < 4.78 is 0. The Hall–Kier alpha value is -1.27. The highest BCUT2D eigenvalue weighted by Crippen LogP contribution is 2.27. The summed E-state index contributed by atoms with van der Waals surface area (Å²) in [6.45, 7) is 2.54. The number of thiazole rings is 1. The summed E-state index contributed by atoms with van der Waals surface area (Å²) >= 11 is 1.65. The summed E-state index contributed by atoms with van der Waals surface area (Å²) in [6, 6.07) is 8.18. The Morgan fingerprint density at radius 3 is 2.70 bits per heavy atom. The first-order valence-electron chi connectivity index (χ1n) is 7.57. The van der Waals surface area contributed by atoms with E-state index >= 15 is 0 Å². The highest BCUT2D eigenvalue weighted by Gasteiger charge is 2.27. The summed E-state index contributed by atoms with van der Waals surface area (Å²) in [5, 5.41) is 12.5. The van der Waals surface area contributed by atoms with E-state index in [0.29, 0.717) is 19.4 Å². The number of benzene rings is 1. The quantitative estimate of drug-likeness (QED) is 0.868. The number of rotatable bonds is 5. The molecule has 3 rings (SSSR count). The van der Waals surface area contributed by atoms with E-state index in [1.165, 1.54) is 10.4 Å². The van der Waals surface area contributed by atoms with E-state index in [2.05, 4.69) is 34.6 Å². The van der Waals surface area contributed by atoms with Gasteiger partial charge in [0.05, 0.1) is 28.2 Å². The maximum atomic E-state index is 12.1. The SMILES string of the molecule is Cc1ncsc1-c1ccc(CCC(=O)[C@@H]2C[C@@H](O)CN2)cc1.Cl. The zero-order chi connectivity index (χ0) is 15.5. The van der Waals surface area contributed by atoms with Gasteiger partial charge in [0.1, 0.15) is 5.78 Å². The third-order valence-electron chi connectivity index (χ3n) is 4.12. The molecule has 0 bridgehead atoms. The average Bonchev–Trinajstić information content (AvgIpc) is 3.14. The number of carbonyl (C=O) groups is 1. The van der Waals surface area contributed by atoms with Crippen LogP contribution in [0.15, 0.2) is 29.8 Å². The fraction of sp³-hybridized carbons (Fsp3) is 0.412. The van der Waals surface area contributed by atoms with Gasteiger partial charge in [0.15, 0.2) is 0 Å². The summed E-state index contributed by atoms with van der Waals surface area (Å²) in [5.74, 6) is 0.193. The molecule has 23 heavy (non-hydrogen) atoms. The van der Waals surface area contributed by atoms with Crippen molar-refractivity contribution in [3.05, 3.63) is 41.0 Å². The molecular weight excluding hydrogens is 332 g/mol. The van der Waals surface area contributed by atoms with Crippen LogP contribution in [0.25, 0.3) is 10.4 Å². The molecule has 1 aliphatic rings. The van der Waals surface area contributed by atoms with Crippen molar-refractivity contribution in [2.24, 2.45) is 0 Å². The molecule has 0 saturated carbocycles. The van der Waals surface area contributed by atoms with Gasteiger partial charge in [-0.3, -0.25) is 4.79 Å². The van der Waals surface area contributed by atoms with Gasteiger partial charge in [-0.05, 0) is 30.9 Å². The Morgan fingerprint density at radius 1 is 1.39 bits per heavy atom. The molecule has 2 aromatic rings. The molecular formula is C17H21ClN2O2S. The van der Waals surface area contributed by atoms with Crippen LogP contribution in [0.4, 0.5) is 0 Å². The molecule has 2 N–H and O–H groups in total. The minimum Gasteiger partial charge on any atom is -0.392 e. The summed E-state index contributed by atoms with van der Waals surface area (Å²) in [5.41, 5.74) is 5.26. The summed E-state index contributed by atoms with van der Waals surface area (Å²) in [4.78, 5) is 17.6. The first kappa shape index (κ1) is 18.1. The van der Waals surface area contributed by atoms with E-state index in [4.69, 9.17) is 0 Å². The highest BCUT2D eigenvalue weighted by atomic mass is 35.5. The predicted octanol–water partition coefficient (Wildman–Crippen LogP) is 2.76. The molecule has 0 unspecified atom stereocenters. The highest BCUT2D eigenvalue weighted by molar-refractivity contribution is 7.13. The minimum absolute atomic E-state index is 0. The molecule has 6 heteroatoms. The molecule has 2 heterocycles. The first-order chi connectivity index (χ1) is 10.6. The topological polar surface area (TPSA) is 62.2 Å². The van der Waals surface area contributed by atoms with Crippen LogP contribution in [0.2, 0.25) is 0 Å². The molecule has 1 aliphatic heterocycles. The predicted molar refractivity (Wildman–Crippen MR) is 95.3 cm³/mol. The fourth-order valence-electron chi connectivity index (χ4n) is 2.81. The maximum absolute atomic E-state index is 12.1. The Morgan fingerprint density at radius 2 is 2.13 bits per heavy atom. The van der Waals surface area contributed by atoms with E-state index in [9.17, 15) is 9.90 Å². The van der Waals surface area contributed by atoms with Gasteiger partial charge in [-0.1, -0.05) is 24.3 Å². The molecule has 2 atom stereocenters. The van der Waals surface area contributed by atoms with Crippen LogP contribution in [-0.2, 0) is 11.2 Å². The van der Waals surface area contributed by atoms with Crippen LogP contribution < -0.4 is 5.32 Å². The molecule has 1 saturated heterocycles. The normalized spacial score (nSPS) is 20.3. The lowest BCUT2D eigenvalue weighted by Crippen LogP contribution is -2.30. The molecule has 0 spiro atoms. The largest absolute Gasteiger partial charge is 0.392 e. The van der Waals surface area contributed by atoms with Gasteiger partial charge in [-0.25, -0.2) is 4.98 Å². The molecule has 4 nitrogen and oxygen atoms in total. The maximum Gasteiger partial charge on any atom is 0.150 e. The zero-order valence-electron chi connectivity index (χ0n) is 13.0. The molecule has 1 aromatic carbocycles. The van der Waals surface area contributed by atoms with Gasteiger partial charge < -0.3 is 10.4 Å². The van der Waals surface area contributed by atoms with Gasteiger partial charge >= 0.3 is 0 Å². The number of halogens is 1. The van der Waals surface area contributed by atoms with Crippen molar-refractivity contribution in [1.29, 1.82) is 0 Å². The van der Waals surface area contributed by atoms with Gasteiger partial charge in [0.2, 0.25) is 0 Å². The standard InChI is InChI=1S/C17H20N2O2S.ClH/c1-11-17(22-10-19-11)13-5-2-12(3-6-13)4-7-16(21)15-8-14(20)9-18-15;/h2-3,5-6,10,14-15,18,20H,4,7-9H2,1H3;1H/t14-,15+;/m1./s1. The number of nitrogens with zero attached hydrogens (tertiary/aromatic N) is 1. The molecule has 124 valence electrons. The van der Waals surface area contributed by atoms with Crippen molar-refractivity contribution in [3.63, 3.8) is 0 Å². The second-order valence-electron chi connectivity index (χ2n) is 5.78. The van der Waals surface area contributed by atoms with E-state index in [1.807, 2.05) is 12.4 Å². The molecule has 1 fully saturated rings. The number of Topliss-reactive ketones (excluding diaryl/α,β-unsaturated/α-hetero) is 1. The number of carbonyl (C=O) groups excluding carboxylic acids is 1. The number of aromatic nitrogens is 1. The second-order valence-corrected chi connectivity index (χ2v) is 6.64. The van der Waals surface area contributed by atoms with Crippen molar-refractivity contribution >= 4 is 29.5 Å². The second kappa shape index (κ2) is 8.02. The van der Waals surface area contributed by atoms with Crippen molar-refractivity contribution in [1.82, 2.24) is 10.3 Å². The van der Waals surface area contributed by atoms with Crippen LogP contribution in [0.3, 0.4) is 0 Å². The first-order valence-corrected chi connectivity index (χ1v) is 8.45. The lowest BCUT2D eigenvalue weighted by Gasteiger charge is -2.09. The van der Waals surface area contributed by atoms with Crippen LogP contribution in [0, 0.1) is 6.92 Å². The number of hydrogen-bond donors (Lipinski definition) is 2. The van der Waals surface area contributed by atoms with E-state index in [1.54, 1.807) is 11.3 Å². The summed E-state index contributed by atoms with van der Waals surface area (Å²) in [6.07, 6.45) is 1.43. The van der Waals surface area contributed by atoms with Crippen molar-refractivity contribution in [2.75, 3.05) is 6.54 Å². The Balaban J connectivity index is 0.00000192. The Bertz CT molecular complexity index is 657.